The van der Waals surface area contributed by atoms with Gasteiger partial charge in [0.25, 0.3) is 0 Å². The highest BCUT2D eigenvalue weighted by Gasteiger charge is 2.30. The van der Waals surface area contributed by atoms with Gasteiger partial charge in [0.2, 0.25) is 5.16 Å². The second kappa shape index (κ2) is 6.05. The molecule has 0 unspecified atom stereocenters. The summed E-state index contributed by atoms with van der Waals surface area (Å²) in [6.07, 6.45) is -3.56. The van der Waals surface area contributed by atoms with Crippen molar-refractivity contribution < 1.29 is 13.2 Å². The van der Waals surface area contributed by atoms with Crippen LogP contribution < -0.4 is 0 Å². The fourth-order valence-corrected chi connectivity index (χ4v) is 2.34. The largest absolute Gasteiger partial charge is 0.408 e. The number of rotatable bonds is 5. The molecule has 1 aromatic carbocycles. The lowest BCUT2D eigenvalue weighted by Crippen LogP contribution is -2.19. The molecule has 1 aromatic heterocycles. The van der Waals surface area contributed by atoms with Gasteiger partial charge in [0, 0.05) is 5.75 Å². The summed E-state index contributed by atoms with van der Waals surface area (Å²) >= 11 is 1.22. The minimum atomic E-state index is -4.32. The second-order valence-electron chi connectivity index (χ2n) is 3.82. The molecule has 0 saturated carbocycles. The van der Waals surface area contributed by atoms with Crippen molar-refractivity contribution in [1.82, 2.24) is 20.2 Å². The van der Waals surface area contributed by atoms with Gasteiger partial charge in [-0.25, -0.2) is 4.68 Å². The van der Waals surface area contributed by atoms with Gasteiger partial charge < -0.3 is 0 Å². The van der Waals surface area contributed by atoms with Gasteiger partial charge in [-0.05, 0) is 22.4 Å². The van der Waals surface area contributed by atoms with E-state index in [0.29, 0.717) is 5.75 Å². The topological polar surface area (TPSA) is 43.6 Å². The highest BCUT2D eigenvalue weighted by atomic mass is 32.2. The average molecular weight is 288 g/mol. The van der Waals surface area contributed by atoms with E-state index in [4.69, 9.17) is 0 Å². The summed E-state index contributed by atoms with van der Waals surface area (Å²) in [5.41, 5.74) is 1.13. The smallest absolute Gasteiger partial charge is 0.211 e. The van der Waals surface area contributed by atoms with E-state index in [1.54, 1.807) is 0 Å². The van der Waals surface area contributed by atoms with E-state index in [0.717, 1.165) is 16.7 Å². The highest BCUT2D eigenvalue weighted by Crippen LogP contribution is 2.21. The van der Waals surface area contributed by atoms with Crippen molar-refractivity contribution in [3.8, 4) is 0 Å². The molecule has 4 nitrogen and oxygen atoms in total. The summed E-state index contributed by atoms with van der Waals surface area (Å²) in [5.74, 6) is 0.627. The van der Waals surface area contributed by atoms with Gasteiger partial charge in [-0.3, -0.25) is 0 Å². The summed E-state index contributed by atoms with van der Waals surface area (Å²) < 4.78 is 37.6. The van der Waals surface area contributed by atoms with Crippen LogP contribution in [0.5, 0.6) is 0 Å². The number of hydrogen-bond donors (Lipinski definition) is 0. The molecule has 102 valence electrons. The molecule has 0 aliphatic heterocycles. The van der Waals surface area contributed by atoms with Gasteiger partial charge in [-0.15, -0.1) is 5.10 Å². The van der Waals surface area contributed by atoms with Crippen LogP contribution in [0.2, 0.25) is 0 Å². The lowest BCUT2D eigenvalue weighted by molar-refractivity contribution is -0.144. The first kappa shape index (κ1) is 13.9. The summed E-state index contributed by atoms with van der Waals surface area (Å²) in [4.78, 5) is 0. The third kappa shape index (κ3) is 4.55. The van der Waals surface area contributed by atoms with E-state index in [1.807, 2.05) is 30.3 Å². The SMILES string of the molecule is FC(F)(F)Cn1nnnc1SCCc1ccccc1. The number of aromatic nitrogens is 4. The van der Waals surface area contributed by atoms with Crippen molar-refractivity contribution in [3.63, 3.8) is 0 Å². The molecule has 2 aromatic rings. The zero-order valence-corrected chi connectivity index (χ0v) is 10.7. The molecule has 19 heavy (non-hydrogen) atoms. The lowest BCUT2D eigenvalue weighted by atomic mass is 10.2. The Morgan fingerprint density at radius 2 is 1.89 bits per heavy atom. The number of benzene rings is 1. The van der Waals surface area contributed by atoms with Crippen LogP contribution in [0.15, 0.2) is 35.5 Å². The van der Waals surface area contributed by atoms with E-state index in [9.17, 15) is 13.2 Å². The predicted molar refractivity (Wildman–Crippen MR) is 64.7 cm³/mol. The summed E-state index contributed by atoms with van der Waals surface area (Å²) in [5, 5.41) is 10.4. The molecular weight excluding hydrogens is 277 g/mol. The molecule has 0 saturated heterocycles. The molecule has 2 rings (SSSR count). The molecule has 0 atom stereocenters. The van der Waals surface area contributed by atoms with E-state index < -0.39 is 12.7 Å². The first-order valence-electron chi connectivity index (χ1n) is 5.54. The molecule has 1 heterocycles. The van der Waals surface area contributed by atoms with E-state index in [-0.39, 0.29) is 5.16 Å². The van der Waals surface area contributed by atoms with Gasteiger partial charge in [-0.2, -0.15) is 13.2 Å². The Balaban J connectivity index is 1.88. The summed E-state index contributed by atoms with van der Waals surface area (Å²) in [7, 11) is 0. The number of nitrogens with zero attached hydrogens (tertiary/aromatic N) is 4. The maximum atomic E-state index is 12.3. The number of tetrazole rings is 1. The van der Waals surface area contributed by atoms with E-state index in [2.05, 4.69) is 15.5 Å². The van der Waals surface area contributed by atoms with Crippen LogP contribution in [-0.2, 0) is 13.0 Å². The highest BCUT2D eigenvalue weighted by molar-refractivity contribution is 7.99. The molecule has 0 bridgehead atoms. The second-order valence-corrected chi connectivity index (χ2v) is 4.88. The normalized spacial score (nSPS) is 11.7. The minimum absolute atomic E-state index is 0.188. The molecule has 0 amide bonds. The molecule has 0 radical (unpaired) electrons. The molecule has 0 spiro atoms. The predicted octanol–water partition coefficient (Wildman–Crippen LogP) is 2.57. The zero-order valence-electron chi connectivity index (χ0n) is 9.84. The van der Waals surface area contributed by atoms with Crippen molar-refractivity contribution in [2.45, 2.75) is 24.3 Å². The zero-order chi connectivity index (χ0) is 13.7. The Labute approximate surface area is 112 Å². The van der Waals surface area contributed by atoms with Crippen molar-refractivity contribution >= 4 is 11.8 Å². The Morgan fingerprint density at radius 3 is 2.58 bits per heavy atom. The maximum absolute atomic E-state index is 12.3. The van der Waals surface area contributed by atoms with E-state index >= 15 is 0 Å². The van der Waals surface area contributed by atoms with Crippen LogP contribution in [-0.4, -0.2) is 32.1 Å². The molecule has 0 aliphatic carbocycles. The van der Waals surface area contributed by atoms with Crippen molar-refractivity contribution in [1.29, 1.82) is 0 Å². The minimum Gasteiger partial charge on any atom is -0.211 e. The Morgan fingerprint density at radius 1 is 1.16 bits per heavy atom. The first-order chi connectivity index (χ1) is 9.04. The average Bonchev–Trinajstić information content (AvgIpc) is 2.76. The number of aryl methyl sites for hydroxylation is 1. The van der Waals surface area contributed by atoms with E-state index in [1.165, 1.54) is 11.8 Å². The van der Waals surface area contributed by atoms with Gasteiger partial charge in [0.1, 0.15) is 6.54 Å². The van der Waals surface area contributed by atoms with Crippen molar-refractivity contribution in [2.24, 2.45) is 0 Å². The van der Waals surface area contributed by atoms with Crippen LogP contribution >= 0.6 is 11.8 Å². The fraction of sp³-hybridized carbons (Fsp3) is 0.364. The number of hydrogen-bond acceptors (Lipinski definition) is 4. The van der Waals surface area contributed by atoms with Crippen LogP contribution in [0.3, 0.4) is 0 Å². The molecule has 0 aliphatic rings. The Bertz CT molecular complexity index is 512. The van der Waals surface area contributed by atoms with Crippen molar-refractivity contribution in [3.05, 3.63) is 35.9 Å². The number of thioether (sulfide) groups is 1. The Kier molecular flexibility index (Phi) is 4.41. The molecule has 8 heteroatoms. The van der Waals surface area contributed by atoms with Gasteiger partial charge in [-0.1, -0.05) is 42.1 Å². The summed E-state index contributed by atoms with van der Waals surface area (Å²) in [6.45, 7) is -1.16. The third-order valence-electron chi connectivity index (χ3n) is 2.29. The van der Waals surface area contributed by atoms with Crippen LogP contribution in [0.25, 0.3) is 0 Å². The maximum Gasteiger partial charge on any atom is 0.408 e. The van der Waals surface area contributed by atoms with Crippen molar-refractivity contribution in [2.75, 3.05) is 5.75 Å². The monoisotopic (exact) mass is 288 g/mol. The van der Waals surface area contributed by atoms with Crippen LogP contribution in [0.1, 0.15) is 5.56 Å². The first-order valence-corrected chi connectivity index (χ1v) is 6.53. The lowest BCUT2D eigenvalue weighted by Gasteiger charge is -2.07. The standard InChI is InChI=1S/C11H11F3N4S/c12-11(13,14)8-18-10(15-16-17-18)19-7-6-9-4-2-1-3-5-9/h1-5H,6-8H2. The van der Waals surface area contributed by atoms with Crippen LogP contribution in [0.4, 0.5) is 13.2 Å². The van der Waals surface area contributed by atoms with Gasteiger partial charge in [0.15, 0.2) is 0 Å². The van der Waals surface area contributed by atoms with Gasteiger partial charge in [0.05, 0.1) is 0 Å². The number of halogens is 3. The number of alkyl halides is 3. The third-order valence-corrected chi connectivity index (χ3v) is 3.25. The molecular formula is C11H11F3N4S. The van der Waals surface area contributed by atoms with Crippen LogP contribution in [0, 0.1) is 0 Å². The Hall–Kier alpha value is -1.57. The molecule has 0 fully saturated rings. The fourth-order valence-electron chi connectivity index (χ4n) is 1.47. The quantitative estimate of drug-likeness (QED) is 0.793. The summed E-state index contributed by atoms with van der Waals surface area (Å²) in [6, 6.07) is 9.71. The van der Waals surface area contributed by atoms with Gasteiger partial charge >= 0.3 is 6.18 Å². The molecule has 0 N–H and O–H groups in total.